The number of fused-ring (bicyclic) bond motifs is 7. The molecule has 0 atom stereocenters. The molecule has 246 valence electrons. The van der Waals surface area contributed by atoms with Gasteiger partial charge >= 0.3 is 0 Å². The molecule has 9 aromatic rings. The van der Waals surface area contributed by atoms with Gasteiger partial charge in [-0.2, -0.15) is 0 Å². The fourth-order valence-corrected chi connectivity index (χ4v) is 8.22. The van der Waals surface area contributed by atoms with Crippen LogP contribution in [0.5, 0.6) is 0 Å². The lowest BCUT2D eigenvalue weighted by atomic mass is 9.82. The molecule has 2 heterocycles. The first-order valence-electron chi connectivity index (χ1n) is 17.9. The Bertz CT molecular complexity index is 2780. The maximum Gasteiger partial charge on any atom is 0.160 e. The van der Waals surface area contributed by atoms with Gasteiger partial charge in [-0.25, -0.2) is 9.97 Å². The van der Waals surface area contributed by atoms with Crippen molar-refractivity contribution in [1.82, 2.24) is 14.5 Å². The Kier molecular flexibility index (Phi) is 6.84. The average Bonchev–Trinajstić information content (AvgIpc) is 3.67. The van der Waals surface area contributed by atoms with Crippen molar-refractivity contribution >= 4 is 21.8 Å². The summed E-state index contributed by atoms with van der Waals surface area (Å²) in [6, 6.07) is 62.7. The highest BCUT2D eigenvalue weighted by Gasteiger charge is 2.37. The van der Waals surface area contributed by atoms with Gasteiger partial charge in [-0.15, -0.1) is 0 Å². The second-order valence-corrected chi connectivity index (χ2v) is 14.2. The zero-order chi connectivity index (χ0) is 34.8. The summed E-state index contributed by atoms with van der Waals surface area (Å²) in [4.78, 5) is 10.3. The van der Waals surface area contributed by atoms with Crippen LogP contribution >= 0.6 is 0 Å². The third-order valence-corrected chi connectivity index (χ3v) is 10.8. The minimum absolute atomic E-state index is 0.0774. The van der Waals surface area contributed by atoms with Crippen LogP contribution in [0.4, 0.5) is 0 Å². The van der Waals surface area contributed by atoms with E-state index in [0.29, 0.717) is 5.82 Å². The normalized spacial score (nSPS) is 13.0. The van der Waals surface area contributed by atoms with Crippen LogP contribution in [-0.2, 0) is 5.41 Å². The predicted molar refractivity (Wildman–Crippen MR) is 216 cm³/mol. The van der Waals surface area contributed by atoms with E-state index >= 15 is 0 Å². The van der Waals surface area contributed by atoms with Crippen LogP contribution in [0.15, 0.2) is 176 Å². The summed E-state index contributed by atoms with van der Waals surface area (Å²) in [7, 11) is 0. The fraction of sp³-hybridized carbons (Fsp3) is 0.0612. The number of hydrogen-bond donors (Lipinski definition) is 0. The third kappa shape index (κ3) is 4.74. The van der Waals surface area contributed by atoms with Crippen molar-refractivity contribution in [2.45, 2.75) is 19.3 Å². The lowest BCUT2D eigenvalue weighted by molar-refractivity contribution is 0.661. The Hall–Kier alpha value is -6.58. The summed E-state index contributed by atoms with van der Waals surface area (Å²) in [5, 5.41) is 2.53. The Balaban J connectivity index is 1.12. The highest BCUT2D eigenvalue weighted by Crippen LogP contribution is 2.52. The number of aromatic nitrogens is 3. The number of benzene rings is 7. The molecule has 3 heteroatoms. The second kappa shape index (κ2) is 11.8. The molecule has 0 radical (unpaired) electrons. The van der Waals surface area contributed by atoms with E-state index in [9.17, 15) is 0 Å². The number of para-hydroxylation sites is 1. The van der Waals surface area contributed by atoms with Crippen LogP contribution in [0, 0.1) is 0 Å². The van der Waals surface area contributed by atoms with Crippen molar-refractivity contribution in [3.8, 4) is 61.8 Å². The molecule has 10 rings (SSSR count). The minimum Gasteiger partial charge on any atom is -0.309 e. The van der Waals surface area contributed by atoms with Gasteiger partial charge in [0.15, 0.2) is 5.82 Å². The Morgan fingerprint density at radius 1 is 0.442 bits per heavy atom. The molecule has 1 aliphatic carbocycles. The highest BCUT2D eigenvalue weighted by atomic mass is 15.0. The Labute approximate surface area is 303 Å². The summed E-state index contributed by atoms with van der Waals surface area (Å²) in [5.41, 5.74) is 16.2. The molecule has 0 aliphatic heterocycles. The molecule has 0 bridgehead atoms. The van der Waals surface area contributed by atoms with E-state index in [-0.39, 0.29) is 5.41 Å². The molecule has 52 heavy (non-hydrogen) atoms. The SMILES string of the molecule is CC1(C)c2ccccc2-c2c1ccc1c3ccccc3n(-c3ccc(-c4nc(-c5ccccc5)cc(-c5ccc(-c6ccccc6)cc5)n4)cc3)c21. The van der Waals surface area contributed by atoms with Gasteiger partial charge < -0.3 is 4.57 Å². The minimum atomic E-state index is -0.0774. The van der Waals surface area contributed by atoms with E-state index in [2.05, 4.69) is 182 Å². The molecule has 0 N–H and O–H groups in total. The van der Waals surface area contributed by atoms with Gasteiger partial charge in [-0.1, -0.05) is 153 Å². The highest BCUT2D eigenvalue weighted by molar-refractivity contribution is 6.15. The molecule has 0 saturated heterocycles. The largest absolute Gasteiger partial charge is 0.309 e. The first kappa shape index (κ1) is 30.3. The fourth-order valence-electron chi connectivity index (χ4n) is 8.22. The van der Waals surface area contributed by atoms with Gasteiger partial charge in [0, 0.05) is 44.1 Å². The molecule has 0 fully saturated rings. The van der Waals surface area contributed by atoms with Gasteiger partial charge in [-0.3, -0.25) is 0 Å². The first-order chi connectivity index (χ1) is 25.5. The lowest BCUT2D eigenvalue weighted by Crippen LogP contribution is -2.14. The van der Waals surface area contributed by atoms with E-state index in [1.54, 1.807) is 0 Å². The van der Waals surface area contributed by atoms with E-state index in [1.807, 2.05) is 12.1 Å². The molecule has 2 aromatic heterocycles. The molecule has 0 spiro atoms. The third-order valence-electron chi connectivity index (χ3n) is 10.8. The summed E-state index contributed by atoms with van der Waals surface area (Å²) in [6.07, 6.45) is 0. The van der Waals surface area contributed by atoms with Crippen molar-refractivity contribution in [3.63, 3.8) is 0 Å². The molecule has 1 aliphatic rings. The van der Waals surface area contributed by atoms with Gasteiger partial charge in [0.2, 0.25) is 0 Å². The predicted octanol–water partition coefficient (Wildman–Crippen LogP) is 12.5. The maximum absolute atomic E-state index is 5.16. The van der Waals surface area contributed by atoms with Crippen LogP contribution in [-0.4, -0.2) is 14.5 Å². The van der Waals surface area contributed by atoms with Crippen LogP contribution in [0.1, 0.15) is 25.0 Å². The van der Waals surface area contributed by atoms with E-state index in [0.717, 1.165) is 33.8 Å². The average molecular weight is 666 g/mol. The van der Waals surface area contributed by atoms with Gasteiger partial charge in [0.1, 0.15) is 0 Å². The molecular formula is C49H35N3. The van der Waals surface area contributed by atoms with Crippen LogP contribution in [0.3, 0.4) is 0 Å². The standard InChI is InChI=1S/C49H35N3/c1-49(2)41-19-11-9-18-40(41)46-42(49)30-29-39-38-17-10-12-20-45(38)52(47(39)46)37-27-25-36(26-28-37)48-50-43(34-15-7-4-8-16-34)31-44(51-48)35-23-21-33(22-24-35)32-13-5-3-6-14-32/h3-31H,1-2H3. The monoisotopic (exact) mass is 665 g/mol. The van der Waals surface area contributed by atoms with Gasteiger partial charge in [0.05, 0.1) is 22.4 Å². The van der Waals surface area contributed by atoms with E-state index < -0.39 is 0 Å². The number of nitrogens with zero attached hydrogens (tertiary/aromatic N) is 3. The first-order valence-corrected chi connectivity index (χ1v) is 17.9. The molecular weight excluding hydrogens is 631 g/mol. The Morgan fingerprint density at radius 3 is 1.73 bits per heavy atom. The second-order valence-electron chi connectivity index (χ2n) is 14.2. The van der Waals surface area contributed by atoms with Gasteiger partial charge in [0.25, 0.3) is 0 Å². The maximum atomic E-state index is 5.16. The molecule has 0 unspecified atom stereocenters. The Morgan fingerprint density at radius 2 is 1.00 bits per heavy atom. The van der Waals surface area contributed by atoms with Crippen molar-refractivity contribution in [2.75, 3.05) is 0 Å². The van der Waals surface area contributed by atoms with Crippen molar-refractivity contribution in [2.24, 2.45) is 0 Å². The molecule has 0 saturated carbocycles. The number of hydrogen-bond acceptors (Lipinski definition) is 2. The zero-order valence-electron chi connectivity index (χ0n) is 29.1. The topological polar surface area (TPSA) is 30.7 Å². The number of rotatable bonds is 5. The smallest absolute Gasteiger partial charge is 0.160 e. The van der Waals surface area contributed by atoms with E-state index in [4.69, 9.17) is 9.97 Å². The summed E-state index contributed by atoms with van der Waals surface area (Å²) in [6.45, 7) is 4.70. The lowest BCUT2D eigenvalue weighted by Gasteiger charge is -2.21. The van der Waals surface area contributed by atoms with Crippen molar-refractivity contribution in [3.05, 3.63) is 187 Å². The molecule has 0 amide bonds. The molecule has 3 nitrogen and oxygen atoms in total. The van der Waals surface area contributed by atoms with Gasteiger partial charge in [-0.05, 0) is 64.2 Å². The van der Waals surface area contributed by atoms with Crippen LogP contribution in [0.2, 0.25) is 0 Å². The van der Waals surface area contributed by atoms with Crippen molar-refractivity contribution in [1.29, 1.82) is 0 Å². The van der Waals surface area contributed by atoms with Crippen LogP contribution in [0.25, 0.3) is 83.6 Å². The zero-order valence-corrected chi connectivity index (χ0v) is 29.1. The quantitative estimate of drug-likeness (QED) is 0.183. The van der Waals surface area contributed by atoms with Crippen LogP contribution < -0.4 is 0 Å². The van der Waals surface area contributed by atoms with E-state index in [1.165, 1.54) is 55.2 Å². The summed E-state index contributed by atoms with van der Waals surface area (Å²) >= 11 is 0. The van der Waals surface area contributed by atoms with Crippen molar-refractivity contribution < 1.29 is 0 Å². The summed E-state index contributed by atoms with van der Waals surface area (Å²) < 4.78 is 2.45. The molecule has 7 aromatic carbocycles. The summed E-state index contributed by atoms with van der Waals surface area (Å²) in [5.74, 6) is 0.703.